The van der Waals surface area contributed by atoms with Gasteiger partial charge in [-0.1, -0.05) is 75.9 Å². The number of carbonyl (C=O) groups excluding carboxylic acids is 1. The number of halogens is 3. The molecule has 39 heavy (non-hydrogen) atoms. The smallest absolute Gasteiger partial charge is 0.389 e. The molecule has 0 heterocycles. The van der Waals surface area contributed by atoms with Crippen molar-refractivity contribution < 1.29 is 32.8 Å². The van der Waals surface area contributed by atoms with Gasteiger partial charge in [0.1, 0.15) is 11.9 Å². The molecule has 1 unspecified atom stereocenters. The lowest BCUT2D eigenvalue weighted by Crippen LogP contribution is -2.26. The van der Waals surface area contributed by atoms with Crippen molar-refractivity contribution >= 4 is 5.91 Å². The first-order valence-electron chi connectivity index (χ1n) is 12.9. The van der Waals surface area contributed by atoms with Gasteiger partial charge in [0.25, 0.3) is 5.91 Å². The van der Waals surface area contributed by atoms with E-state index in [1.54, 1.807) is 42.5 Å². The van der Waals surface area contributed by atoms with Gasteiger partial charge in [-0.3, -0.25) is 10.1 Å². The Kier molecular flexibility index (Phi) is 12.5. The van der Waals surface area contributed by atoms with Crippen molar-refractivity contribution in [2.45, 2.75) is 64.1 Å². The van der Waals surface area contributed by atoms with Gasteiger partial charge in [0, 0.05) is 18.5 Å². The molecule has 8 heteroatoms. The lowest BCUT2D eigenvalue weighted by Gasteiger charge is -2.21. The lowest BCUT2D eigenvalue weighted by atomic mass is 9.86. The molecule has 0 aromatic heterocycles. The summed E-state index contributed by atoms with van der Waals surface area (Å²) >= 11 is 0. The van der Waals surface area contributed by atoms with Crippen LogP contribution in [0.2, 0.25) is 0 Å². The van der Waals surface area contributed by atoms with Crippen molar-refractivity contribution in [1.29, 1.82) is 0 Å². The molecule has 0 bridgehead atoms. The normalized spacial score (nSPS) is 13.4. The van der Waals surface area contributed by atoms with E-state index in [0.717, 1.165) is 5.56 Å². The number of hydrogen-bond donors (Lipinski definition) is 2. The number of nitrogens with one attached hydrogen (secondary N) is 1. The van der Waals surface area contributed by atoms with Gasteiger partial charge in [0.2, 0.25) is 0 Å². The zero-order valence-electron chi connectivity index (χ0n) is 22.8. The molecule has 0 saturated carbocycles. The van der Waals surface area contributed by atoms with Gasteiger partial charge in [-0.05, 0) is 65.7 Å². The highest BCUT2D eigenvalue weighted by Gasteiger charge is 2.27. The Labute approximate surface area is 229 Å². The van der Waals surface area contributed by atoms with Gasteiger partial charge in [-0.25, -0.2) is 4.89 Å². The Morgan fingerprint density at radius 1 is 1.08 bits per heavy atom. The molecule has 0 radical (unpaired) electrons. The highest BCUT2D eigenvalue weighted by atomic mass is 19.4. The van der Waals surface area contributed by atoms with E-state index < -0.39 is 18.7 Å². The van der Waals surface area contributed by atoms with Crippen LogP contribution >= 0.6 is 0 Å². The Morgan fingerprint density at radius 3 is 2.31 bits per heavy atom. The molecule has 2 N–H and O–H groups in total. The van der Waals surface area contributed by atoms with Crippen LogP contribution in [0, 0.1) is 0 Å². The monoisotopic (exact) mass is 545 g/mol. The average molecular weight is 546 g/mol. The number of hydrogen-bond acceptors (Lipinski definition) is 4. The molecule has 0 aliphatic rings. The first-order chi connectivity index (χ1) is 18.4. The van der Waals surface area contributed by atoms with Crippen LogP contribution in [0.15, 0.2) is 85.2 Å². The van der Waals surface area contributed by atoms with E-state index >= 15 is 0 Å². The molecule has 2 rings (SSSR count). The number of ether oxygens (including phenoxy) is 1. The maximum atomic E-state index is 12.8. The van der Waals surface area contributed by atoms with Crippen LogP contribution in [0.1, 0.15) is 73.2 Å². The predicted octanol–water partition coefficient (Wildman–Crippen LogP) is 7.86. The third kappa shape index (κ3) is 11.9. The van der Waals surface area contributed by atoms with E-state index in [1.807, 2.05) is 6.08 Å². The fraction of sp³-hybridized carbons (Fsp3) is 0.387. The molecule has 0 saturated heterocycles. The lowest BCUT2D eigenvalue weighted by molar-refractivity contribution is -0.240. The molecule has 0 fully saturated rings. The fourth-order valence-corrected chi connectivity index (χ4v) is 3.81. The Hall–Kier alpha value is -3.36. The van der Waals surface area contributed by atoms with E-state index in [4.69, 9.17) is 9.99 Å². The summed E-state index contributed by atoms with van der Waals surface area (Å²) in [5, 5.41) is 11.0. The Morgan fingerprint density at radius 2 is 1.74 bits per heavy atom. The van der Waals surface area contributed by atoms with Crippen LogP contribution in [0.5, 0.6) is 0 Å². The first kappa shape index (κ1) is 31.9. The van der Waals surface area contributed by atoms with Crippen molar-refractivity contribution in [3.8, 4) is 0 Å². The largest absolute Gasteiger partial charge is 0.486 e. The highest BCUT2D eigenvalue weighted by Crippen LogP contribution is 2.31. The number of alkyl halides is 3. The number of amides is 1. The molecule has 0 aliphatic heterocycles. The first-order valence-corrected chi connectivity index (χ1v) is 12.9. The number of allylic oxidation sites excluding steroid dienone is 4. The van der Waals surface area contributed by atoms with Crippen LogP contribution in [0.25, 0.3) is 0 Å². The third-order valence-electron chi connectivity index (χ3n) is 5.97. The van der Waals surface area contributed by atoms with Gasteiger partial charge in [-0.15, -0.1) is 0 Å². The van der Waals surface area contributed by atoms with Crippen molar-refractivity contribution in [2.75, 3.05) is 13.2 Å². The summed E-state index contributed by atoms with van der Waals surface area (Å²) < 4.78 is 44.7. The molecule has 2 aromatic rings. The number of carbonyl (C=O) groups is 1. The van der Waals surface area contributed by atoms with Crippen LogP contribution in [-0.4, -0.2) is 30.5 Å². The SMILES string of the molecule is C=C/C=C(\C=C/Cc1ccc(C(C)(C)C)cc1)OC(CCCC(F)(F)F)c1ccc(C(=O)NCCOO)cc1. The summed E-state index contributed by atoms with van der Waals surface area (Å²) in [6.07, 6.45) is 1.82. The second kappa shape index (κ2) is 15.3. The summed E-state index contributed by atoms with van der Waals surface area (Å²) in [6, 6.07) is 14.9. The zero-order chi connectivity index (χ0) is 28.9. The molecule has 0 aliphatic carbocycles. The molecule has 1 atom stereocenters. The molecule has 1 amide bonds. The Bertz CT molecular complexity index is 1100. The maximum absolute atomic E-state index is 12.8. The summed E-state index contributed by atoms with van der Waals surface area (Å²) in [5.74, 6) is 0.109. The molecular formula is C31H38F3NO4. The summed E-state index contributed by atoms with van der Waals surface area (Å²) in [7, 11) is 0. The second-order valence-electron chi connectivity index (χ2n) is 10.2. The van der Waals surface area contributed by atoms with E-state index in [1.165, 1.54) is 5.56 Å². The zero-order valence-corrected chi connectivity index (χ0v) is 22.8. The van der Waals surface area contributed by atoms with Crippen molar-refractivity contribution in [1.82, 2.24) is 5.32 Å². The molecule has 2 aromatic carbocycles. The predicted molar refractivity (Wildman–Crippen MR) is 147 cm³/mol. The number of rotatable bonds is 14. The van der Waals surface area contributed by atoms with E-state index in [2.05, 4.69) is 61.8 Å². The molecule has 212 valence electrons. The summed E-state index contributed by atoms with van der Waals surface area (Å²) in [6.45, 7) is 10.3. The van der Waals surface area contributed by atoms with Gasteiger partial charge >= 0.3 is 6.18 Å². The van der Waals surface area contributed by atoms with Gasteiger partial charge < -0.3 is 10.1 Å². The van der Waals surface area contributed by atoms with Crippen LogP contribution < -0.4 is 5.32 Å². The topological polar surface area (TPSA) is 67.8 Å². The second-order valence-corrected chi connectivity index (χ2v) is 10.2. The third-order valence-corrected chi connectivity index (χ3v) is 5.97. The van der Waals surface area contributed by atoms with Crippen molar-refractivity contribution in [2.24, 2.45) is 0 Å². The minimum Gasteiger partial charge on any atom is -0.486 e. The number of benzene rings is 2. The van der Waals surface area contributed by atoms with Gasteiger partial charge in [0.05, 0.1) is 6.61 Å². The molecule has 0 spiro atoms. The van der Waals surface area contributed by atoms with E-state index in [9.17, 15) is 18.0 Å². The minimum atomic E-state index is -4.26. The summed E-state index contributed by atoms with van der Waals surface area (Å²) in [4.78, 5) is 16.2. The quantitative estimate of drug-likeness (QED) is 0.0834. The van der Waals surface area contributed by atoms with Crippen LogP contribution in [0.4, 0.5) is 13.2 Å². The highest BCUT2D eigenvalue weighted by molar-refractivity contribution is 5.94. The van der Waals surface area contributed by atoms with Crippen LogP contribution in [0.3, 0.4) is 0 Å². The van der Waals surface area contributed by atoms with Gasteiger partial charge in [0.15, 0.2) is 0 Å². The fourth-order valence-electron chi connectivity index (χ4n) is 3.81. The van der Waals surface area contributed by atoms with Crippen molar-refractivity contribution in [3.63, 3.8) is 0 Å². The van der Waals surface area contributed by atoms with Crippen LogP contribution in [-0.2, 0) is 21.5 Å². The van der Waals surface area contributed by atoms with E-state index in [0.29, 0.717) is 23.3 Å². The Balaban J connectivity index is 2.15. The van der Waals surface area contributed by atoms with Crippen molar-refractivity contribution in [3.05, 3.63) is 107 Å². The standard InChI is InChI=1S/C31H38F3NO4/c1-5-8-27(10-6-9-23-12-18-26(19-13-23)30(2,3)4)39-28(11-7-20-31(32,33)34)24-14-16-25(17-15-24)29(36)35-21-22-38-37/h5-6,8,10,12-19,28,37H,1,7,9,11,20-22H2,2-4H3,(H,35,36)/b10-6-,27-8+. The summed E-state index contributed by atoms with van der Waals surface area (Å²) in [5.41, 5.74) is 3.45. The molecular weight excluding hydrogens is 507 g/mol. The maximum Gasteiger partial charge on any atom is 0.389 e. The van der Waals surface area contributed by atoms with E-state index in [-0.39, 0.29) is 37.3 Å². The van der Waals surface area contributed by atoms with Gasteiger partial charge in [-0.2, -0.15) is 13.2 Å². The molecule has 5 nitrogen and oxygen atoms in total. The average Bonchev–Trinajstić information content (AvgIpc) is 2.87. The minimum absolute atomic E-state index is 0.0485.